The highest BCUT2D eigenvalue weighted by atomic mass is 35.5. The number of ether oxygens (including phenoxy) is 2. The molecule has 20 rings (SSSR count). The average Bonchev–Trinajstić information content (AvgIpc) is 1.65. The van der Waals surface area contributed by atoms with E-state index in [0.717, 1.165) is 119 Å². The van der Waals surface area contributed by atoms with Gasteiger partial charge < -0.3 is 23.2 Å². The summed E-state index contributed by atoms with van der Waals surface area (Å²) in [4.78, 5) is 112. The number of halogens is 7. The van der Waals surface area contributed by atoms with E-state index in [9.17, 15) is 45.5 Å². The highest BCUT2D eigenvalue weighted by Gasteiger charge is 2.39. The highest BCUT2D eigenvalue weighted by Crippen LogP contribution is 2.41. The van der Waals surface area contributed by atoms with Crippen molar-refractivity contribution in [3.63, 3.8) is 0 Å². The zero-order valence-electron chi connectivity index (χ0n) is 78.0. The van der Waals surface area contributed by atoms with Crippen molar-refractivity contribution in [1.82, 2.24) is 83.3 Å². The second-order valence-corrected chi connectivity index (χ2v) is 35.2. The van der Waals surface area contributed by atoms with Crippen LogP contribution in [0, 0.1) is 13.8 Å². The maximum absolute atomic E-state index is 13.0. The molecule has 4 amide bonds. The Balaban J connectivity index is 0.000000159. The zero-order chi connectivity index (χ0) is 98.0. The number of aryl methyl sites for hydroxylation is 4. The summed E-state index contributed by atoms with van der Waals surface area (Å²) >= 11 is 6.26. The number of imidazole rings is 2. The van der Waals surface area contributed by atoms with E-state index in [4.69, 9.17) is 41.0 Å². The minimum Gasteiger partial charge on any atom is -0.377 e. The van der Waals surface area contributed by atoms with Crippen LogP contribution >= 0.6 is 11.6 Å². The normalized spacial score (nSPS) is 13.3. The average molecular weight is 1960 g/mol. The Morgan fingerprint density at radius 1 is 0.392 bits per heavy atom. The van der Waals surface area contributed by atoms with E-state index in [0.29, 0.717) is 88.8 Å². The molecule has 27 nitrogen and oxygen atoms in total. The van der Waals surface area contributed by atoms with Crippen LogP contribution in [-0.4, -0.2) is 121 Å². The number of anilines is 4. The van der Waals surface area contributed by atoms with Gasteiger partial charge in [-0.05, 0) is 140 Å². The number of fused-ring (bicyclic) bond motifs is 4. The molecular weight excluding hydrogens is 1850 g/mol. The van der Waals surface area contributed by atoms with Gasteiger partial charge in [0.15, 0.2) is 34.7 Å². The fraction of sp³-hybridized carbons (Fsp3) is 0.275. The smallest absolute Gasteiger partial charge is 0.377 e. The maximum Gasteiger partial charge on any atom is 0.434 e. The van der Waals surface area contributed by atoms with E-state index in [2.05, 4.69) is 114 Å². The summed E-state index contributed by atoms with van der Waals surface area (Å²) in [5.41, 5.74) is 17.3. The fourth-order valence-electron chi connectivity index (χ4n) is 17.1. The first kappa shape index (κ1) is 105. The quantitative estimate of drug-likeness (QED) is 0.0570. The monoisotopic (exact) mass is 1960 g/mol. The first-order chi connectivity index (χ1) is 66.7. The van der Waals surface area contributed by atoms with Crippen molar-refractivity contribution in [2.75, 3.05) is 33.8 Å². The number of carbonyl (C=O) groups is 4. The van der Waals surface area contributed by atoms with Gasteiger partial charge in [-0.3, -0.25) is 48.7 Å². The first-order valence-corrected chi connectivity index (χ1v) is 45.3. The summed E-state index contributed by atoms with van der Waals surface area (Å²) in [6.07, 6.45) is 6.18. The van der Waals surface area contributed by atoms with E-state index in [1.807, 2.05) is 136 Å². The van der Waals surface area contributed by atoms with Gasteiger partial charge in [0, 0.05) is 151 Å². The Morgan fingerprint density at radius 3 is 1.01 bits per heavy atom. The molecule has 34 heteroatoms. The van der Waals surface area contributed by atoms with Crippen LogP contribution in [0.1, 0.15) is 185 Å². The van der Waals surface area contributed by atoms with Crippen LogP contribution in [-0.2, 0) is 107 Å². The van der Waals surface area contributed by atoms with Crippen molar-refractivity contribution in [3.05, 3.63) is 339 Å². The topological polar surface area (TPSA) is 287 Å². The van der Waals surface area contributed by atoms with Crippen molar-refractivity contribution in [2.24, 2.45) is 14.1 Å². The van der Waals surface area contributed by atoms with Crippen LogP contribution in [0.3, 0.4) is 0 Å². The molecule has 2 atom stereocenters. The molecule has 14 heterocycles. The Bertz CT molecular complexity index is 7060. The fourth-order valence-corrected chi connectivity index (χ4v) is 17.4. The predicted molar refractivity (Wildman–Crippen MR) is 542 cm³/mol. The predicted octanol–water partition coefficient (Wildman–Crippen LogP) is 23.0. The number of rotatable bonds is 22. The lowest BCUT2D eigenvalue weighted by Crippen LogP contribution is -2.26. The third-order valence-corrected chi connectivity index (χ3v) is 24.7. The second-order valence-electron chi connectivity index (χ2n) is 34.8. The molecule has 16 aromatic rings. The SMILES string of the molecule is C.C.C.C.CO[C@@H](C)c1ccccc1-c1ncc2c(n1)N(Cc1ccc(-c3nc(C(F)(F)F)cn3C)cc1)C(=O)C2.CO[C@H](C)c1ccccc1-c1ncc2c(n1)N(Cc1ccc(-c3nc(C(F)(F)F)cn3C)cc1)C(=O)C2.Cc1cc(Cl)n(-c2ccc(CN3C(=O)Cc4cnc(-c5cccnc5C(C)C)nc43)cc2)n1.Cc1cccn1-c1ccc(CN2C(=O)Cc3cnc(-c4cccnc4C(C)C)nc32)cc1. The molecule has 0 spiro atoms. The van der Waals surface area contributed by atoms with Gasteiger partial charge >= 0.3 is 12.4 Å². The first-order valence-electron chi connectivity index (χ1n) is 45.0. The van der Waals surface area contributed by atoms with Crippen LogP contribution in [0.5, 0.6) is 0 Å². The summed E-state index contributed by atoms with van der Waals surface area (Å²) in [5, 5.41) is 4.97. The number of pyridine rings is 2. The third kappa shape index (κ3) is 22.6. The van der Waals surface area contributed by atoms with E-state index >= 15 is 0 Å². The molecule has 0 aliphatic carbocycles. The van der Waals surface area contributed by atoms with Crippen molar-refractivity contribution in [2.45, 2.75) is 173 Å². The van der Waals surface area contributed by atoms with Gasteiger partial charge in [0.05, 0.1) is 86.8 Å². The summed E-state index contributed by atoms with van der Waals surface area (Å²) in [6.45, 7) is 17.7. The van der Waals surface area contributed by atoms with Crippen LogP contribution in [0.15, 0.2) is 244 Å². The summed E-state index contributed by atoms with van der Waals surface area (Å²) in [6, 6.07) is 59.2. The molecule has 0 N–H and O–H groups in total. The molecule has 143 heavy (non-hydrogen) atoms. The van der Waals surface area contributed by atoms with Gasteiger partial charge in [0.2, 0.25) is 23.6 Å². The number of hydrogen-bond acceptors (Lipinski definition) is 19. The van der Waals surface area contributed by atoms with Gasteiger partial charge in [0.1, 0.15) is 40.1 Å². The third-order valence-electron chi connectivity index (χ3n) is 24.5. The van der Waals surface area contributed by atoms with E-state index in [1.54, 1.807) is 124 Å². The standard InChI is InChI=1S/2C27H24F3N5O2.C26H25N5O.C25H23ClN6O.4CH4/c2*1-16(37-3)20-6-4-5-7-21(20)24-31-13-19-12-23(36)35(26(19)33-24)14-17-8-10-18(11-9-17)25-32-22(15-34(25)2)27(28,29)30;1-17(2)24-22(7-4-12-27-24)25-28-15-20-14-23(32)31(26(20)29-25)16-19-8-10-21(11-9-19)30-13-5-6-18(30)3;1-15(2)23-20(5-4-10-27-23)24-28-13-18-12-22(33)31(25(18)29-24)14-17-6-8-19(9-7-17)32-21(26)11-16(3)30-32;;;;/h2*4-11,13,15-16H,12,14H2,1-3H3;4-13,15,17H,14,16H2,1-3H3;4-11,13,15H,12,14H2,1-3H3;4*1H4/t2*16-;;;;;;/m10....../s1. The van der Waals surface area contributed by atoms with Crippen LogP contribution in [0.2, 0.25) is 5.15 Å². The lowest BCUT2D eigenvalue weighted by molar-refractivity contribution is -0.141. The molecule has 4 aliphatic rings. The largest absolute Gasteiger partial charge is 0.434 e. The lowest BCUT2D eigenvalue weighted by atomic mass is 10.0. The Kier molecular flexibility index (Phi) is 32.4. The molecule has 0 fully saturated rings. The second kappa shape index (κ2) is 44.1. The Hall–Kier alpha value is -15.5. The molecule has 0 radical (unpaired) electrons. The van der Waals surface area contributed by atoms with E-state index < -0.39 is 23.7 Å². The molecule has 0 unspecified atom stereocenters. The Morgan fingerprint density at radius 2 is 0.713 bits per heavy atom. The van der Waals surface area contributed by atoms with Crippen molar-refractivity contribution in [3.8, 4) is 79.7 Å². The maximum atomic E-state index is 13.0. The lowest BCUT2D eigenvalue weighted by Gasteiger charge is -2.18. The number of methoxy groups -OCH3 is 2. The van der Waals surface area contributed by atoms with Crippen LogP contribution < -0.4 is 19.6 Å². The van der Waals surface area contributed by atoms with Gasteiger partial charge in [-0.1, -0.05) is 190 Å². The molecule has 0 bridgehead atoms. The molecule has 4 aliphatic heterocycles. The van der Waals surface area contributed by atoms with Crippen molar-refractivity contribution < 1.29 is 55.0 Å². The molecule has 0 saturated carbocycles. The zero-order valence-corrected chi connectivity index (χ0v) is 78.8. The number of benzene rings is 6. The molecule has 10 aromatic heterocycles. The number of hydrogen-bond donors (Lipinski definition) is 0. The van der Waals surface area contributed by atoms with Gasteiger partial charge in [0.25, 0.3) is 0 Å². The molecule has 0 saturated heterocycles. The molecular formula is C109H112ClF6N21O6. The number of nitrogens with zero attached hydrogens (tertiary/aromatic N) is 21. The minimum absolute atomic E-state index is 0. The number of amides is 4. The van der Waals surface area contributed by atoms with Crippen molar-refractivity contribution in [1.29, 1.82) is 0 Å². The highest BCUT2D eigenvalue weighted by molar-refractivity contribution is 6.29. The summed E-state index contributed by atoms with van der Waals surface area (Å²) in [5.74, 6) is 5.46. The molecule has 6 aromatic carbocycles. The summed E-state index contributed by atoms with van der Waals surface area (Å²) < 4.78 is 95.7. The number of carbonyl (C=O) groups excluding carboxylic acids is 4. The molecule has 738 valence electrons. The summed E-state index contributed by atoms with van der Waals surface area (Å²) in [7, 11) is 6.32. The van der Waals surface area contributed by atoms with Crippen molar-refractivity contribution >= 4 is 58.5 Å². The minimum atomic E-state index is -4.51. The van der Waals surface area contributed by atoms with Gasteiger partial charge in [-0.2, -0.15) is 31.4 Å². The van der Waals surface area contributed by atoms with E-state index in [-0.39, 0.29) is 115 Å². The van der Waals surface area contributed by atoms with E-state index in [1.165, 1.54) is 28.9 Å². The van der Waals surface area contributed by atoms with Crippen LogP contribution in [0.25, 0.3) is 79.7 Å². The Labute approximate surface area is 831 Å². The number of alkyl halides is 6. The van der Waals surface area contributed by atoms with Gasteiger partial charge in [-0.15, -0.1) is 0 Å². The number of aromatic nitrogens is 17. The van der Waals surface area contributed by atoms with Gasteiger partial charge in [-0.25, -0.2) is 54.5 Å². The van der Waals surface area contributed by atoms with Crippen LogP contribution in [0.4, 0.5) is 49.6 Å².